The first-order valence-corrected chi connectivity index (χ1v) is 5.44. The molecule has 0 fully saturated rings. The van der Waals surface area contributed by atoms with Gasteiger partial charge in [-0.25, -0.2) is 0 Å². The Morgan fingerprint density at radius 1 is 1.50 bits per heavy atom. The summed E-state index contributed by atoms with van der Waals surface area (Å²) in [7, 11) is 1.79. The molecule has 90 valence electrons. The summed E-state index contributed by atoms with van der Waals surface area (Å²) >= 11 is 0. The van der Waals surface area contributed by atoms with Crippen LogP contribution in [0.25, 0.3) is 0 Å². The molecule has 0 saturated heterocycles. The van der Waals surface area contributed by atoms with Crippen LogP contribution in [0.1, 0.15) is 38.6 Å². The van der Waals surface area contributed by atoms with Gasteiger partial charge in [-0.05, 0) is 12.3 Å². The van der Waals surface area contributed by atoms with Gasteiger partial charge in [0, 0.05) is 19.5 Å². The van der Waals surface area contributed by atoms with E-state index in [4.69, 9.17) is 4.52 Å². The molecule has 0 unspecified atom stereocenters. The second-order valence-corrected chi connectivity index (χ2v) is 5.42. The Balaban J connectivity index is 2.52. The molecule has 4 heteroatoms. The molecule has 1 aromatic heterocycles. The fraction of sp³-hybridized carbons (Fsp3) is 0.667. The maximum atomic E-state index is 11.8. The number of nitrogens with zero attached hydrogens (tertiary/aromatic N) is 2. The van der Waals surface area contributed by atoms with Crippen LogP contribution in [-0.2, 0) is 11.3 Å². The maximum Gasteiger partial charge on any atom is 0.223 e. The Kier molecular flexibility index (Phi) is 3.73. The fourth-order valence-corrected chi connectivity index (χ4v) is 1.41. The van der Waals surface area contributed by atoms with Crippen molar-refractivity contribution >= 4 is 5.91 Å². The van der Waals surface area contributed by atoms with E-state index < -0.39 is 0 Å². The standard InChI is InChI=1S/C12H20N2O2/c1-9-6-10(13-16-9)8-14(5)11(15)7-12(2,3)4/h6H,7-8H2,1-5H3. The second-order valence-electron chi connectivity index (χ2n) is 5.42. The summed E-state index contributed by atoms with van der Waals surface area (Å²) in [5.41, 5.74) is 0.813. The first kappa shape index (κ1) is 12.7. The summed E-state index contributed by atoms with van der Waals surface area (Å²) in [6.45, 7) is 8.51. The van der Waals surface area contributed by atoms with E-state index in [1.165, 1.54) is 0 Å². The largest absolute Gasteiger partial charge is 0.361 e. The van der Waals surface area contributed by atoms with Gasteiger partial charge in [-0.15, -0.1) is 0 Å². The van der Waals surface area contributed by atoms with E-state index in [9.17, 15) is 4.79 Å². The van der Waals surface area contributed by atoms with Gasteiger partial charge in [0.25, 0.3) is 0 Å². The molecule has 4 nitrogen and oxygen atoms in total. The highest BCUT2D eigenvalue weighted by Crippen LogP contribution is 2.19. The van der Waals surface area contributed by atoms with Crippen molar-refractivity contribution in [2.24, 2.45) is 5.41 Å². The minimum Gasteiger partial charge on any atom is -0.361 e. The van der Waals surface area contributed by atoms with Gasteiger partial charge in [0.15, 0.2) is 0 Å². The van der Waals surface area contributed by atoms with E-state index in [0.717, 1.165) is 11.5 Å². The van der Waals surface area contributed by atoms with E-state index in [0.29, 0.717) is 13.0 Å². The molecule has 0 N–H and O–H groups in total. The Hall–Kier alpha value is -1.32. The lowest BCUT2D eigenvalue weighted by Crippen LogP contribution is -2.29. The van der Waals surface area contributed by atoms with Crippen molar-refractivity contribution in [1.82, 2.24) is 10.1 Å². The maximum absolute atomic E-state index is 11.8. The monoisotopic (exact) mass is 224 g/mol. The molecule has 0 atom stereocenters. The van der Waals surface area contributed by atoms with Crippen LogP contribution < -0.4 is 0 Å². The third kappa shape index (κ3) is 4.04. The van der Waals surface area contributed by atoms with E-state index in [1.54, 1.807) is 11.9 Å². The first-order chi connectivity index (χ1) is 7.28. The van der Waals surface area contributed by atoms with Gasteiger partial charge in [-0.2, -0.15) is 0 Å². The van der Waals surface area contributed by atoms with E-state index in [-0.39, 0.29) is 11.3 Å². The minimum atomic E-state index is 0.0189. The first-order valence-electron chi connectivity index (χ1n) is 5.44. The summed E-state index contributed by atoms with van der Waals surface area (Å²) in [6.07, 6.45) is 0.542. The van der Waals surface area contributed by atoms with Crippen molar-refractivity contribution in [2.75, 3.05) is 7.05 Å². The predicted octanol–water partition coefficient (Wildman–Crippen LogP) is 2.38. The molecule has 0 radical (unpaired) electrons. The van der Waals surface area contributed by atoms with Gasteiger partial charge < -0.3 is 9.42 Å². The van der Waals surface area contributed by atoms with Gasteiger partial charge in [0.2, 0.25) is 5.91 Å². The van der Waals surface area contributed by atoms with Crippen LogP contribution in [0.3, 0.4) is 0 Å². The predicted molar refractivity (Wildman–Crippen MR) is 61.8 cm³/mol. The van der Waals surface area contributed by atoms with Crippen LogP contribution in [0.5, 0.6) is 0 Å². The molecule has 1 rings (SSSR count). The minimum absolute atomic E-state index is 0.0189. The van der Waals surface area contributed by atoms with Gasteiger partial charge in [-0.3, -0.25) is 4.79 Å². The molecular weight excluding hydrogens is 204 g/mol. The molecule has 0 aliphatic heterocycles. The molecule has 0 spiro atoms. The topological polar surface area (TPSA) is 46.3 Å². The van der Waals surface area contributed by atoms with Crippen LogP contribution in [0.4, 0.5) is 0 Å². The fourth-order valence-electron chi connectivity index (χ4n) is 1.41. The normalized spacial score (nSPS) is 11.6. The zero-order valence-electron chi connectivity index (χ0n) is 10.7. The molecule has 0 aromatic carbocycles. The number of carbonyl (C=O) groups excluding carboxylic acids is 1. The van der Waals surface area contributed by atoms with Crippen molar-refractivity contribution in [2.45, 2.75) is 40.7 Å². The molecule has 0 bridgehead atoms. The zero-order chi connectivity index (χ0) is 12.3. The SMILES string of the molecule is Cc1cc(CN(C)C(=O)CC(C)(C)C)no1. The Bertz CT molecular complexity index is 363. The average Bonchev–Trinajstić information content (AvgIpc) is 2.48. The average molecular weight is 224 g/mol. The number of hydrogen-bond acceptors (Lipinski definition) is 3. The van der Waals surface area contributed by atoms with Crippen molar-refractivity contribution < 1.29 is 9.32 Å². The van der Waals surface area contributed by atoms with Gasteiger partial charge in [0.1, 0.15) is 11.5 Å². The highest BCUT2D eigenvalue weighted by molar-refractivity contribution is 5.76. The smallest absolute Gasteiger partial charge is 0.223 e. The lowest BCUT2D eigenvalue weighted by Gasteiger charge is -2.22. The van der Waals surface area contributed by atoms with Crippen molar-refractivity contribution in [1.29, 1.82) is 0 Å². The number of aromatic nitrogens is 1. The van der Waals surface area contributed by atoms with Crippen molar-refractivity contribution in [3.63, 3.8) is 0 Å². The van der Waals surface area contributed by atoms with Crippen LogP contribution in [0.2, 0.25) is 0 Å². The third-order valence-corrected chi connectivity index (χ3v) is 2.18. The molecule has 16 heavy (non-hydrogen) atoms. The van der Waals surface area contributed by atoms with Crippen LogP contribution in [0.15, 0.2) is 10.6 Å². The third-order valence-electron chi connectivity index (χ3n) is 2.18. The lowest BCUT2D eigenvalue weighted by atomic mass is 9.92. The van der Waals surface area contributed by atoms with Crippen molar-refractivity contribution in [3.8, 4) is 0 Å². The molecule has 1 amide bonds. The van der Waals surface area contributed by atoms with Crippen molar-refractivity contribution in [3.05, 3.63) is 17.5 Å². The van der Waals surface area contributed by atoms with Gasteiger partial charge in [-0.1, -0.05) is 25.9 Å². The molecule has 0 aliphatic rings. The van der Waals surface area contributed by atoms with Crippen LogP contribution in [0, 0.1) is 12.3 Å². The molecule has 1 aromatic rings. The van der Waals surface area contributed by atoms with Gasteiger partial charge in [0.05, 0.1) is 6.54 Å². The Morgan fingerprint density at radius 2 is 2.12 bits per heavy atom. The Labute approximate surface area is 96.6 Å². The molecular formula is C12H20N2O2. The number of amides is 1. The number of hydrogen-bond donors (Lipinski definition) is 0. The summed E-state index contributed by atoms with van der Waals surface area (Å²) in [4.78, 5) is 13.5. The molecule has 0 saturated carbocycles. The lowest BCUT2D eigenvalue weighted by molar-refractivity contribution is -0.132. The van der Waals surface area contributed by atoms with Crippen LogP contribution >= 0.6 is 0 Å². The summed E-state index contributed by atoms with van der Waals surface area (Å²) in [5, 5.41) is 3.87. The summed E-state index contributed by atoms with van der Waals surface area (Å²) in [6, 6.07) is 1.85. The Morgan fingerprint density at radius 3 is 2.56 bits per heavy atom. The summed E-state index contributed by atoms with van der Waals surface area (Å²) in [5.74, 6) is 0.903. The zero-order valence-corrected chi connectivity index (χ0v) is 10.7. The highest BCUT2D eigenvalue weighted by atomic mass is 16.5. The quantitative estimate of drug-likeness (QED) is 0.792. The van der Waals surface area contributed by atoms with E-state index in [1.807, 2.05) is 13.0 Å². The highest BCUT2D eigenvalue weighted by Gasteiger charge is 2.19. The molecule has 0 aliphatic carbocycles. The van der Waals surface area contributed by atoms with Crippen LogP contribution in [-0.4, -0.2) is 23.0 Å². The van der Waals surface area contributed by atoms with E-state index >= 15 is 0 Å². The summed E-state index contributed by atoms with van der Waals surface area (Å²) < 4.78 is 4.96. The second kappa shape index (κ2) is 4.68. The van der Waals surface area contributed by atoms with Gasteiger partial charge >= 0.3 is 0 Å². The molecule has 1 heterocycles. The van der Waals surface area contributed by atoms with E-state index in [2.05, 4.69) is 25.9 Å². The number of carbonyl (C=O) groups is 1. The number of rotatable bonds is 3. The number of aryl methyl sites for hydroxylation is 1.